The second kappa shape index (κ2) is 20.3. The molecule has 1 fully saturated rings. The Morgan fingerprint density at radius 3 is 1.96 bits per heavy atom. The van der Waals surface area contributed by atoms with E-state index >= 15 is 0 Å². The molecule has 0 bridgehead atoms. The van der Waals surface area contributed by atoms with Crippen molar-refractivity contribution in [2.24, 2.45) is 11.5 Å². The maximum absolute atomic E-state index is 14.0. The molecular formula is C35H49N7O7S. The minimum atomic E-state index is -1.20. The Balaban J connectivity index is 1.77. The Morgan fingerprint density at radius 2 is 1.40 bits per heavy atom. The molecule has 0 aromatic heterocycles. The summed E-state index contributed by atoms with van der Waals surface area (Å²) in [6.07, 6.45) is 2.39. The van der Waals surface area contributed by atoms with Crippen LogP contribution >= 0.6 is 12.6 Å². The third kappa shape index (κ3) is 12.1. The van der Waals surface area contributed by atoms with Crippen LogP contribution in [0.3, 0.4) is 0 Å². The van der Waals surface area contributed by atoms with Gasteiger partial charge in [-0.25, -0.2) is 4.79 Å². The van der Waals surface area contributed by atoms with E-state index in [1.807, 2.05) is 36.4 Å². The number of amides is 5. The van der Waals surface area contributed by atoms with Gasteiger partial charge in [0.05, 0.1) is 6.04 Å². The molecule has 1 aliphatic heterocycles. The number of nitrogens with one attached hydrogen (secondary N) is 4. The van der Waals surface area contributed by atoms with Crippen molar-refractivity contribution >= 4 is 48.1 Å². The predicted molar refractivity (Wildman–Crippen MR) is 191 cm³/mol. The lowest BCUT2D eigenvalue weighted by Crippen LogP contribution is -2.59. The Kier molecular flexibility index (Phi) is 16.2. The topological polar surface area (TPSA) is 226 Å². The summed E-state index contributed by atoms with van der Waals surface area (Å²) in [6.45, 7) is 2.08. The molecule has 272 valence electrons. The number of hydrogen-bond donors (Lipinski definition) is 8. The number of nitrogens with two attached hydrogens (primary N) is 2. The van der Waals surface area contributed by atoms with E-state index < -0.39 is 71.8 Å². The van der Waals surface area contributed by atoms with E-state index in [1.54, 1.807) is 24.3 Å². The van der Waals surface area contributed by atoms with Crippen LogP contribution in [0.25, 0.3) is 0 Å². The zero-order chi connectivity index (χ0) is 36.6. The minimum Gasteiger partial charge on any atom is -0.480 e. The van der Waals surface area contributed by atoms with Gasteiger partial charge in [-0.3, -0.25) is 24.0 Å². The van der Waals surface area contributed by atoms with Crippen molar-refractivity contribution in [2.75, 3.05) is 18.8 Å². The van der Waals surface area contributed by atoms with E-state index in [2.05, 4.69) is 33.9 Å². The van der Waals surface area contributed by atoms with Crippen molar-refractivity contribution in [1.82, 2.24) is 26.2 Å². The molecule has 2 aromatic carbocycles. The van der Waals surface area contributed by atoms with E-state index in [1.165, 1.54) is 11.8 Å². The molecule has 14 nitrogen and oxygen atoms in total. The van der Waals surface area contributed by atoms with Gasteiger partial charge < -0.3 is 42.7 Å². The van der Waals surface area contributed by atoms with E-state index in [-0.39, 0.29) is 31.6 Å². The number of likely N-dealkylation sites (tertiary alicyclic amines) is 1. The molecule has 1 heterocycles. The highest BCUT2D eigenvalue weighted by atomic mass is 32.1. The summed E-state index contributed by atoms with van der Waals surface area (Å²) < 4.78 is 0. The van der Waals surface area contributed by atoms with Crippen LogP contribution in [0, 0.1) is 0 Å². The molecule has 5 amide bonds. The number of thiol groups is 1. The number of rotatable bonds is 19. The first-order valence-corrected chi connectivity index (χ1v) is 17.5. The molecule has 15 heteroatoms. The van der Waals surface area contributed by atoms with Crippen molar-refractivity contribution in [1.29, 1.82) is 0 Å². The van der Waals surface area contributed by atoms with Crippen molar-refractivity contribution in [3.8, 4) is 0 Å². The Bertz CT molecular complexity index is 1450. The van der Waals surface area contributed by atoms with Crippen LogP contribution in [0.1, 0.15) is 50.2 Å². The van der Waals surface area contributed by atoms with Crippen LogP contribution in [0.15, 0.2) is 60.7 Å². The van der Waals surface area contributed by atoms with Crippen LogP contribution in [-0.4, -0.2) is 101 Å². The van der Waals surface area contributed by atoms with Gasteiger partial charge in [0.2, 0.25) is 29.5 Å². The van der Waals surface area contributed by atoms with Crippen LogP contribution in [-0.2, 0) is 41.6 Å². The quantitative estimate of drug-likeness (QED) is 0.0718. The molecule has 50 heavy (non-hydrogen) atoms. The summed E-state index contributed by atoms with van der Waals surface area (Å²) >= 11 is 4.09. The molecule has 0 spiro atoms. The normalized spacial score (nSPS) is 17.0. The van der Waals surface area contributed by atoms with Gasteiger partial charge in [0.1, 0.15) is 30.2 Å². The molecule has 1 saturated heterocycles. The smallest absolute Gasteiger partial charge is 0.326 e. The number of carboxylic acid groups (broad SMARTS) is 1. The molecular weight excluding hydrogens is 662 g/mol. The van der Waals surface area contributed by atoms with E-state index in [0.717, 1.165) is 11.1 Å². The lowest BCUT2D eigenvalue weighted by atomic mass is 10.0. The fraction of sp³-hybridized carbons (Fsp3) is 0.486. The second-order valence-electron chi connectivity index (χ2n) is 12.4. The van der Waals surface area contributed by atoms with Crippen LogP contribution in [0.2, 0.25) is 0 Å². The molecule has 3 rings (SSSR count). The van der Waals surface area contributed by atoms with Crippen LogP contribution < -0.4 is 32.7 Å². The lowest BCUT2D eigenvalue weighted by molar-refractivity contribution is -0.142. The number of hydrogen-bond acceptors (Lipinski definition) is 9. The SMILES string of the molecule is C[C@H](NC(=O)[C@H](Cc1ccccc1)NC(=O)[C@@H]1CCCN1C(=O)[C@H](Cc1ccccc1)NC(=O)[C@@H](N)CS)C(=O)N[C@@H](CCCCN)C(=O)O. The molecule has 2 aromatic rings. The minimum absolute atomic E-state index is 0.0763. The number of benzene rings is 2. The summed E-state index contributed by atoms with van der Waals surface area (Å²) in [4.78, 5) is 80.2. The standard InChI is InChI=1S/C35H49N7O7S/c1-22(30(43)39-26(35(48)49)15-8-9-17-36)38-32(45)27(19-23-11-4-2-5-12-23)40-33(46)29-16-10-18-42(29)34(47)28(41-31(44)25(37)21-50)20-24-13-6-3-7-14-24/h2-7,11-14,22,25-29,50H,8-10,15-21,36-37H2,1H3,(H,38,45)(H,39,43)(H,40,46)(H,41,44)(H,48,49)/t22-,25-,26-,27-,28-,29-/m0/s1. The Morgan fingerprint density at radius 1 is 0.820 bits per heavy atom. The summed E-state index contributed by atoms with van der Waals surface area (Å²) in [7, 11) is 0. The monoisotopic (exact) mass is 711 g/mol. The third-order valence-electron chi connectivity index (χ3n) is 8.50. The van der Waals surface area contributed by atoms with Gasteiger partial charge in [-0.2, -0.15) is 12.6 Å². The van der Waals surface area contributed by atoms with Gasteiger partial charge in [0.25, 0.3) is 0 Å². The van der Waals surface area contributed by atoms with E-state index in [4.69, 9.17) is 11.5 Å². The summed E-state index contributed by atoms with van der Waals surface area (Å²) in [5, 5.41) is 20.1. The number of unbranched alkanes of at least 4 members (excludes halogenated alkanes) is 1. The maximum atomic E-state index is 14.0. The van der Waals surface area contributed by atoms with Gasteiger partial charge in [-0.05, 0) is 56.7 Å². The average Bonchev–Trinajstić information content (AvgIpc) is 3.61. The summed E-state index contributed by atoms with van der Waals surface area (Å²) in [6, 6.07) is 11.8. The summed E-state index contributed by atoms with van der Waals surface area (Å²) in [5.41, 5.74) is 12.9. The molecule has 9 N–H and O–H groups in total. The molecule has 6 atom stereocenters. The maximum Gasteiger partial charge on any atom is 0.326 e. The lowest BCUT2D eigenvalue weighted by Gasteiger charge is -2.30. The zero-order valence-corrected chi connectivity index (χ0v) is 29.1. The zero-order valence-electron chi connectivity index (χ0n) is 28.3. The summed E-state index contributed by atoms with van der Waals surface area (Å²) in [5.74, 6) is -4.05. The van der Waals surface area contributed by atoms with Gasteiger partial charge in [0, 0.05) is 25.1 Å². The van der Waals surface area contributed by atoms with E-state index in [9.17, 15) is 33.9 Å². The largest absolute Gasteiger partial charge is 0.480 e. The highest BCUT2D eigenvalue weighted by Gasteiger charge is 2.39. The Labute approximate surface area is 297 Å². The number of carbonyl (C=O) groups is 6. The number of aliphatic carboxylic acids is 1. The van der Waals surface area contributed by atoms with Crippen molar-refractivity contribution in [3.63, 3.8) is 0 Å². The van der Waals surface area contributed by atoms with Crippen molar-refractivity contribution in [3.05, 3.63) is 71.8 Å². The Hall–Kier alpha value is -4.47. The highest BCUT2D eigenvalue weighted by molar-refractivity contribution is 7.80. The first kappa shape index (κ1) is 40.0. The first-order chi connectivity index (χ1) is 23.9. The van der Waals surface area contributed by atoms with Crippen molar-refractivity contribution in [2.45, 2.75) is 88.1 Å². The molecule has 0 aliphatic carbocycles. The second-order valence-corrected chi connectivity index (χ2v) is 12.8. The molecule has 1 aliphatic rings. The molecule has 0 radical (unpaired) electrons. The number of nitrogens with zero attached hydrogens (tertiary/aromatic N) is 1. The predicted octanol–water partition coefficient (Wildman–Crippen LogP) is -0.107. The van der Waals surface area contributed by atoms with Gasteiger partial charge >= 0.3 is 5.97 Å². The molecule has 0 saturated carbocycles. The third-order valence-corrected chi connectivity index (χ3v) is 8.89. The van der Waals surface area contributed by atoms with Gasteiger partial charge in [0.15, 0.2) is 0 Å². The number of carbonyl (C=O) groups excluding carboxylic acids is 5. The first-order valence-electron chi connectivity index (χ1n) is 16.8. The van der Waals surface area contributed by atoms with Crippen LogP contribution in [0.5, 0.6) is 0 Å². The fourth-order valence-corrected chi connectivity index (χ4v) is 5.83. The average molecular weight is 712 g/mol. The molecule has 0 unspecified atom stereocenters. The van der Waals surface area contributed by atoms with Gasteiger partial charge in [-0.1, -0.05) is 60.7 Å². The van der Waals surface area contributed by atoms with Crippen LogP contribution in [0.4, 0.5) is 0 Å². The van der Waals surface area contributed by atoms with Gasteiger partial charge in [-0.15, -0.1) is 0 Å². The van der Waals surface area contributed by atoms with E-state index in [0.29, 0.717) is 32.2 Å². The number of carboxylic acids is 1. The highest BCUT2D eigenvalue weighted by Crippen LogP contribution is 2.20. The van der Waals surface area contributed by atoms with Crippen molar-refractivity contribution < 1.29 is 33.9 Å². The fourth-order valence-electron chi connectivity index (χ4n) is 5.67.